The normalized spacial score (nSPS) is 17.7. The van der Waals surface area contributed by atoms with Gasteiger partial charge in [0, 0.05) is 0 Å². The van der Waals surface area contributed by atoms with Crippen LogP contribution in [0.5, 0.6) is 34.5 Å². The van der Waals surface area contributed by atoms with Crippen molar-refractivity contribution in [1.29, 1.82) is 0 Å². The zero-order valence-electron chi connectivity index (χ0n) is 25.2. The minimum atomic E-state index is -2.03. The van der Waals surface area contributed by atoms with Gasteiger partial charge in [0.15, 0.2) is 0 Å². The van der Waals surface area contributed by atoms with E-state index in [9.17, 15) is 8.78 Å². The van der Waals surface area contributed by atoms with E-state index >= 15 is 0 Å². The summed E-state index contributed by atoms with van der Waals surface area (Å²) in [7, 11) is 6.43. The molecule has 0 fully saturated rings. The molecule has 3 aliphatic rings. The van der Waals surface area contributed by atoms with Gasteiger partial charge in [-0.3, -0.25) is 0 Å². The van der Waals surface area contributed by atoms with E-state index in [1.165, 1.54) is 12.1 Å². The van der Waals surface area contributed by atoms with E-state index in [4.69, 9.17) is 24.6 Å². The monoisotopic (exact) mass is 686 g/mol. The van der Waals surface area contributed by atoms with Crippen LogP contribution in [0.15, 0.2) is 71.8 Å². The van der Waals surface area contributed by atoms with Crippen molar-refractivity contribution in [2.24, 2.45) is 0 Å². The molecular weight excluding hydrogens is 658 g/mol. The molecule has 1 aliphatic heterocycles. The standard InChI is InChI=1S/C36H32F2O6.Zr/c1-41-31-13-21-11-19(35(25(21)17-33(31)43-3)27-15-23(37)7-9-29(27)39)5-6-20-12-22-14-32(42-2)34(44-4)18-26(22)36(20)28-16-24(38)8-10-30(28)40;/h7-18,35-36,39-40H,5-6H2,1-4H3;/q;+2/p-2. The quantitative estimate of drug-likeness (QED) is 0.216. The van der Waals surface area contributed by atoms with E-state index in [2.05, 4.69) is 12.2 Å². The molecule has 0 spiro atoms. The average molecular weight is 688 g/mol. The summed E-state index contributed by atoms with van der Waals surface area (Å²) in [6, 6.07) is 17.1. The Bertz CT molecular complexity index is 1750. The summed E-state index contributed by atoms with van der Waals surface area (Å²) in [5.41, 5.74) is 7.59. The molecule has 0 saturated carbocycles. The molecule has 4 aromatic rings. The molecule has 0 bridgehead atoms. The predicted octanol–water partition coefficient (Wildman–Crippen LogP) is 8.22. The number of hydrogen-bond acceptors (Lipinski definition) is 6. The van der Waals surface area contributed by atoms with Crippen LogP contribution in [0.2, 0.25) is 0 Å². The SMILES string of the molecule is COc1cc2c(cc1OC)C1C(=C2)CCC2=Cc3cc(OC)c(OC)cc3C2c2cc(F)ccc2[O][Zr][O]c2ccc(F)cc21. The number of rotatable bonds is 4. The Labute approximate surface area is 273 Å². The molecule has 9 heteroatoms. The van der Waals surface area contributed by atoms with Crippen LogP contribution in [0, 0.1) is 11.6 Å². The Morgan fingerprint density at radius 2 is 0.956 bits per heavy atom. The minimum absolute atomic E-state index is 0.270. The Kier molecular flexibility index (Phi) is 7.90. The van der Waals surface area contributed by atoms with E-state index in [1.54, 1.807) is 52.7 Å². The number of allylic oxidation sites excluding steroid dienone is 2. The van der Waals surface area contributed by atoms with Crippen LogP contribution in [0.3, 0.4) is 0 Å². The summed E-state index contributed by atoms with van der Waals surface area (Å²) in [5, 5.41) is 0. The van der Waals surface area contributed by atoms with Crippen LogP contribution >= 0.6 is 0 Å². The van der Waals surface area contributed by atoms with Gasteiger partial charge in [-0.1, -0.05) is 0 Å². The van der Waals surface area contributed by atoms with Gasteiger partial charge in [0.25, 0.3) is 0 Å². The van der Waals surface area contributed by atoms with Gasteiger partial charge in [-0.2, -0.15) is 0 Å². The van der Waals surface area contributed by atoms with Gasteiger partial charge in [0.05, 0.1) is 0 Å². The average Bonchev–Trinajstić information content (AvgIpc) is 3.59. The maximum atomic E-state index is 14.9. The Hall–Kier alpha value is -4.10. The van der Waals surface area contributed by atoms with E-state index in [-0.39, 0.29) is 23.5 Å². The first-order valence-electron chi connectivity index (χ1n) is 14.5. The second-order valence-electron chi connectivity index (χ2n) is 11.1. The van der Waals surface area contributed by atoms with Crippen molar-refractivity contribution in [2.45, 2.75) is 24.7 Å². The van der Waals surface area contributed by atoms with Crippen LogP contribution in [-0.4, -0.2) is 28.4 Å². The van der Waals surface area contributed by atoms with E-state index in [0.717, 1.165) is 44.5 Å². The Morgan fingerprint density at radius 1 is 0.556 bits per heavy atom. The summed E-state index contributed by atoms with van der Waals surface area (Å²) in [4.78, 5) is 0. The van der Waals surface area contributed by atoms with Crippen molar-refractivity contribution in [3.63, 3.8) is 0 Å². The maximum absolute atomic E-state index is 14.9. The summed E-state index contributed by atoms with van der Waals surface area (Å²) < 4.78 is 65.1. The van der Waals surface area contributed by atoms with Crippen LogP contribution < -0.4 is 24.6 Å². The molecule has 2 aliphatic carbocycles. The van der Waals surface area contributed by atoms with Gasteiger partial charge in [-0.05, 0) is 0 Å². The first-order chi connectivity index (χ1) is 21.9. The molecule has 45 heavy (non-hydrogen) atoms. The van der Waals surface area contributed by atoms with Gasteiger partial charge in [0.2, 0.25) is 0 Å². The van der Waals surface area contributed by atoms with Crippen molar-refractivity contribution in [3.05, 3.63) is 117 Å². The van der Waals surface area contributed by atoms with Crippen LogP contribution in [0.1, 0.15) is 58.1 Å². The third-order valence-electron chi connectivity index (χ3n) is 8.80. The molecule has 4 aromatic carbocycles. The number of methoxy groups -OCH3 is 4. The number of hydrogen-bond donors (Lipinski definition) is 0. The summed E-state index contributed by atoms with van der Waals surface area (Å²) in [6.45, 7) is 0. The molecule has 7 rings (SSSR count). The molecule has 0 radical (unpaired) electrons. The summed E-state index contributed by atoms with van der Waals surface area (Å²) in [5.74, 6) is 2.35. The van der Waals surface area contributed by atoms with E-state index < -0.39 is 24.1 Å². The summed E-state index contributed by atoms with van der Waals surface area (Å²) >= 11 is -2.03. The van der Waals surface area contributed by atoms with Crippen molar-refractivity contribution in [3.8, 4) is 34.5 Å². The second-order valence-corrected chi connectivity index (χ2v) is 12.5. The number of benzene rings is 4. The molecule has 0 amide bonds. The second kappa shape index (κ2) is 12.0. The Balaban J connectivity index is 1.40. The van der Waals surface area contributed by atoms with Crippen molar-refractivity contribution in [2.75, 3.05) is 28.4 Å². The first-order valence-corrected chi connectivity index (χ1v) is 16.5. The third-order valence-corrected chi connectivity index (χ3v) is 10.3. The van der Waals surface area contributed by atoms with Gasteiger partial charge < -0.3 is 0 Å². The zero-order valence-corrected chi connectivity index (χ0v) is 27.7. The van der Waals surface area contributed by atoms with Crippen molar-refractivity contribution >= 4 is 12.2 Å². The van der Waals surface area contributed by atoms with Crippen LogP contribution in [0.25, 0.3) is 12.2 Å². The molecule has 0 N–H and O–H groups in total. The van der Waals surface area contributed by atoms with Crippen LogP contribution in [0.4, 0.5) is 8.78 Å². The molecule has 0 saturated heterocycles. The topological polar surface area (TPSA) is 55.4 Å². The molecule has 1 heterocycles. The molecule has 6 nitrogen and oxygen atoms in total. The predicted molar refractivity (Wildman–Crippen MR) is 162 cm³/mol. The molecule has 228 valence electrons. The third kappa shape index (κ3) is 5.21. The Morgan fingerprint density at radius 3 is 1.36 bits per heavy atom. The number of halogens is 2. The van der Waals surface area contributed by atoms with Gasteiger partial charge in [-0.15, -0.1) is 0 Å². The van der Waals surface area contributed by atoms with Gasteiger partial charge in [-0.25, -0.2) is 0 Å². The fourth-order valence-electron chi connectivity index (χ4n) is 6.78. The molecule has 2 atom stereocenters. The fourth-order valence-corrected chi connectivity index (χ4v) is 8.24. The van der Waals surface area contributed by atoms with Crippen molar-refractivity contribution in [1.82, 2.24) is 0 Å². The molecule has 2 unspecified atom stereocenters. The van der Waals surface area contributed by atoms with Crippen molar-refractivity contribution < 1.29 is 57.5 Å². The van der Waals surface area contributed by atoms with E-state index in [1.807, 2.05) is 24.3 Å². The van der Waals surface area contributed by atoms with E-state index in [0.29, 0.717) is 47.3 Å². The number of fused-ring (bicyclic) bond motifs is 10. The van der Waals surface area contributed by atoms with Gasteiger partial charge in [0.1, 0.15) is 0 Å². The fraction of sp³-hybridized carbons (Fsp3) is 0.222. The first kappa shape index (κ1) is 29.6. The molecule has 0 aromatic heterocycles. The molecular formula is C36H30F2O6Zr. The number of ether oxygens (including phenoxy) is 4. The zero-order chi connectivity index (χ0) is 31.2. The van der Waals surface area contributed by atoms with Gasteiger partial charge >= 0.3 is 274 Å². The summed E-state index contributed by atoms with van der Waals surface area (Å²) in [6.07, 6.45) is 5.64. The van der Waals surface area contributed by atoms with Crippen LogP contribution in [-0.2, 0) is 24.1 Å².